The molecule has 1 aromatic rings. The number of aryl methyl sites for hydroxylation is 3. The number of rotatable bonds is 2. The lowest BCUT2D eigenvalue weighted by atomic mass is 10.0. The summed E-state index contributed by atoms with van der Waals surface area (Å²) in [7, 11) is 0. The molecule has 3 nitrogen and oxygen atoms in total. The van der Waals surface area contributed by atoms with Crippen LogP contribution in [0.2, 0.25) is 0 Å². The molecular weight excluding hydrogens is 188 g/mol. The van der Waals surface area contributed by atoms with E-state index in [2.05, 4.69) is 5.32 Å². The first-order valence-corrected chi connectivity index (χ1v) is 5.06. The van der Waals surface area contributed by atoms with Crippen LogP contribution < -0.4 is 11.1 Å². The minimum Gasteiger partial charge on any atom is -0.324 e. The number of hydrogen-bond donors (Lipinski definition) is 2. The van der Waals surface area contributed by atoms with Gasteiger partial charge in [0.2, 0.25) is 5.91 Å². The van der Waals surface area contributed by atoms with Crippen LogP contribution in [-0.4, -0.2) is 11.9 Å². The van der Waals surface area contributed by atoms with E-state index in [4.69, 9.17) is 5.73 Å². The molecule has 0 heterocycles. The minimum absolute atomic E-state index is 0.148. The van der Waals surface area contributed by atoms with E-state index >= 15 is 0 Å². The van der Waals surface area contributed by atoms with Gasteiger partial charge in [0.15, 0.2) is 0 Å². The number of amides is 1. The Morgan fingerprint density at radius 2 is 1.73 bits per heavy atom. The highest BCUT2D eigenvalue weighted by Gasteiger charge is 2.10. The molecule has 15 heavy (non-hydrogen) atoms. The minimum atomic E-state index is -0.481. The Balaban J connectivity index is 3.00. The monoisotopic (exact) mass is 206 g/mol. The van der Waals surface area contributed by atoms with Crippen molar-refractivity contribution in [1.82, 2.24) is 0 Å². The van der Waals surface area contributed by atoms with Crippen LogP contribution in [0.5, 0.6) is 0 Å². The smallest absolute Gasteiger partial charge is 0.241 e. The Bertz CT molecular complexity index is 360. The molecule has 0 bridgehead atoms. The van der Waals surface area contributed by atoms with Gasteiger partial charge in [-0.3, -0.25) is 4.79 Å². The average Bonchev–Trinajstić information content (AvgIpc) is 2.10. The standard InChI is InChI=1S/C12H18N2O/c1-7-5-8(2)11(9(3)6-7)14-12(15)10(4)13/h5-6,10H,13H2,1-4H3,(H,14,15)/t10-/m1/s1. The number of hydrogen-bond acceptors (Lipinski definition) is 2. The molecule has 1 atom stereocenters. The molecule has 0 saturated heterocycles. The van der Waals surface area contributed by atoms with Gasteiger partial charge in [0.1, 0.15) is 0 Å². The summed E-state index contributed by atoms with van der Waals surface area (Å²) in [5.74, 6) is -0.148. The summed E-state index contributed by atoms with van der Waals surface area (Å²) in [5, 5.41) is 2.84. The third-order valence-corrected chi connectivity index (χ3v) is 2.34. The van der Waals surface area contributed by atoms with Crippen LogP contribution in [0.4, 0.5) is 5.69 Å². The Morgan fingerprint density at radius 1 is 1.27 bits per heavy atom. The predicted molar refractivity (Wildman–Crippen MR) is 62.9 cm³/mol. The fraction of sp³-hybridized carbons (Fsp3) is 0.417. The van der Waals surface area contributed by atoms with Gasteiger partial charge in [0.25, 0.3) is 0 Å². The zero-order valence-corrected chi connectivity index (χ0v) is 9.72. The molecule has 0 aromatic heterocycles. The zero-order chi connectivity index (χ0) is 11.6. The number of nitrogens with two attached hydrogens (primary N) is 1. The van der Waals surface area contributed by atoms with Crippen molar-refractivity contribution in [3.05, 3.63) is 28.8 Å². The van der Waals surface area contributed by atoms with Crippen LogP contribution >= 0.6 is 0 Å². The van der Waals surface area contributed by atoms with E-state index in [1.165, 1.54) is 5.56 Å². The molecular formula is C12H18N2O. The summed E-state index contributed by atoms with van der Waals surface area (Å²) < 4.78 is 0. The molecule has 0 spiro atoms. The van der Waals surface area contributed by atoms with Crippen molar-refractivity contribution in [2.75, 3.05) is 5.32 Å². The first-order valence-electron chi connectivity index (χ1n) is 5.06. The number of carbonyl (C=O) groups excluding carboxylic acids is 1. The lowest BCUT2D eigenvalue weighted by molar-refractivity contribution is -0.117. The molecule has 0 aliphatic heterocycles. The van der Waals surface area contributed by atoms with E-state index in [0.29, 0.717) is 0 Å². The van der Waals surface area contributed by atoms with Gasteiger partial charge in [-0.1, -0.05) is 17.7 Å². The lowest BCUT2D eigenvalue weighted by Crippen LogP contribution is -2.32. The lowest BCUT2D eigenvalue weighted by Gasteiger charge is -2.14. The Labute approximate surface area is 90.7 Å². The second kappa shape index (κ2) is 4.45. The zero-order valence-electron chi connectivity index (χ0n) is 9.72. The van der Waals surface area contributed by atoms with Crippen molar-refractivity contribution in [3.63, 3.8) is 0 Å². The normalized spacial score (nSPS) is 12.3. The van der Waals surface area contributed by atoms with Gasteiger partial charge in [-0.05, 0) is 38.8 Å². The molecule has 1 aromatic carbocycles. The first-order chi connectivity index (χ1) is 6.91. The molecule has 1 amide bonds. The van der Waals surface area contributed by atoms with Gasteiger partial charge in [0.05, 0.1) is 6.04 Å². The van der Waals surface area contributed by atoms with Crippen LogP contribution in [0.15, 0.2) is 12.1 Å². The summed E-state index contributed by atoms with van der Waals surface area (Å²) in [6.07, 6.45) is 0. The van der Waals surface area contributed by atoms with E-state index < -0.39 is 6.04 Å². The summed E-state index contributed by atoms with van der Waals surface area (Å²) in [5.41, 5.74) is 9.72. The van der Waals surface area contributed by atoms with Crippen molar-refractivity contribution in [2.24, 2.45) is 5.73 Å². The maximum atomic E-state index is 11.5. The quantitative estimate of drug-likeness (QED) is 0.776. The maximum absolute atomic E-state index is 11.5. The van der Waals surface area contributed by atoms with Crippen molar-refractivity contribution in [2.45, 2.75) is 33.7 Å². The van der Waals surface area contributed by atoms with Crippen molar-refractivity contribution in [1.29, 1.82) is 0 Å². The Hall–Kier alpha value is -1.35. The van der Waals surface area contributed by atoms with Gasteiger partial charge in [-0.2, -0.15) is 0 Å². The summed E-state index contributed by atoms with van der Waals surface area (Å²) in [6, 6.07) is 3.61. The van der Waals surface area contributed by atoms with Gasteiger partial charge in [-0.25, -0.2) is 0 Å². The number of anilines is 1. The van der Waals surface area contributed by atoms with Gasteiger partial charge in [0, 0.05) is 5.69 Å². The Morgan fingerprint density at radius 3 is 2.13 bits per heavy atom. The van der Waals surface area contributed by atoms with E-state index in [9.17, 15) is 4.79 Å². The number of nitrogens with one attached hydrogen (secondary N) is 1. The topological polar surface area (TPSA) is 55.1 Å². The van der Waals surface area contributed by atoms with Crippen molar-refractivity contribution >= 4 is 11.6 Å². The SMILES string of the molecule is Cc1cc(C)c(NC(=O)[C@@H](C)N)c(C)c1. The van der Waals surface area contributed by atoms with Crippen LogP contribution in [-0.2, 0) is 4.79 Å². The molecule has 3 heteroatoms. The summed E-state index contributed by atoms with van der Waals surface area (Å²) in [4.78, 5) is 11.5. The second-order valence-corrected chi connectivity index (χ2v) is 4.05. The largest absolute Gasteiger partial charge is 0.324 e. The third-order valence-electron chi connectivity index (χ3n) is 2.34. The molecule has 0 fully saturated rings. The fourth-order valence-electron chi connectivity index (χ4n) is 1.61. The molecule has 0 radical (unpaired) electrons. The van der Waals surface area contributed by atoms with E-state index in [1.54, 1.807) is 6.92 Å². The maximum Gasteiger partial charge on any atom is 0.241 e. The first kappa shape index (κ1) is 11.7. The van der Waals surface area contributed by atoms with E-state index in [0.717, 1.165) is 16.8 Å². The summed E-state index contributed by atoms with van der Waals surface area (Å²) in [6.45, 7) is 7.68. The van der Waals surface area contributed by atoms with Gasteiger partial charge in [-0.15, -0.1) is 0 Å². The summed E-state index contributed by atoms with van der Waals surface area (Å²) >= 11 is 0. The highest BCUT2D eigenvalue weighted by molar-refractivity contribution is 5.95. The van der Waals surface area contributed by atoms with Crippen LogP contribution in [0.25, 0.3) is 0 Å². The van der Waals surface area contributed by atoms with Crippen molar-refractivity contribution in [3.8, 4) is 0 Å². The second-order valence-electron chi connectivity index (χ2n) is 4.05. The van der Waals surface area contributed by atoms with Gasteiger partial charge >= 0.3 is 0 Å². The fourth-order valence-corrected chi connectivity index (χ4v) is 1.61. The molecule has 1 rings (SSSR count). The molecule has 0 saturated carbocycles. The van der Waals surface area contributed by atoms with Crippen molar-refractivity contribution < 1.29 is 4.79 Å². The van der Waals surface area contributed by atoms with Crippen LogP contribution in [0, 0.1) is 20.8 Å². The number of benzene rings is 1. The van der Waals surface area contributed by atoms with Crippen LogP contribution in [0.3, 0.4) is 0 Å². The predicted octanol–water partition coefficient (Wildman–Crippen LogP) is 1.90. The molecule has 82 valence electrons. The third kappa shape index (κ3) is 2.80. The molecule has 0 aliphatic rings. The Kier molecular flexibility index (Phi) is 3.48. The highest BCUT2D eigenvalue weighted by Crippen LogP contribution is 2.21. The molecule has 3 N–H and O–H groups in total. The highest BCUT2D eigenvalue weighted by atomic mass is 16.2. The molecule has 0 aliphatic carbocycles. The van der Waals surface area contributed by atoms with E-state index in [-0.39, 0.29) is 5.91 Å². The van der Waals surface area contributed by atoms with Gasteiger partial charge < -0.3 is 11.1 Å². The van der Waals surface area contributed by atoms with Crippen LogP contribution in [0.1, 0.15) is 23.6 Å². The number of carbonyl (C=O) groups is 1. The molecule has 0 unspecified atom stereocenters. The average molecular weight is 206 g/mol. The van der Waals surface area contributed by atoms with E-state index in [1.807, 2.05) is 32.9 Å².